The number of nitrogens with two attached hydrogens (primary N) is 1. The molecule has 2 amide bonds. The molecular weight excluding hydrogens is 356 g/mol. The van der Waals surface area contributed by atoms with Crippen LogP contribution in [0.4, 0.5) is 10.7 Å². The van der Waals surface area contributed by atoms with Crippen molar-refractivity contribution in [2.75, 3.05) is 18.4 Å². The number of benzene rings is 1. The first-order chi connectivity index (χ1) is 12.4. The Hall–Kier alpha value is -2.78. The molecule has 0 radical (unpaired) electrons. The van der Waals surface area contributed by atoms with Gasteiger partial charge in [0, 0.05) is 35.7 Å². The van der Waals surface area contributed by atoms with Crippen LogP contribution in [0.1, 0.15) is 38.1 Å². The third-order valence-corrected chi connectivity index (χ3v) is 5.53. The minimum absolute atomic E-state index is 0.0920. The van der Waals surface area contributed by atoms with Gasteiger partial charge < -0.3 is 11.1 Å². The smallest absolute Gasteiger partial charge is 0.269 e. The highest BCUT2D eigenvalue weighted by molar-refractivity contribution is 7.17. The summed E-state index contributed by atoms with van der Waals surface area (Å²) in [7, 11) is 0. The molecule has 0 bridgehead atoms. The zero-order valence-electron chi connectivity index (χ0n) is 14.2. The van der Waals surface area contributed by atoms with Gasteiger partial charge in [0.25, 0.3) is 17.5 Å². The van der Waals surface area contributed by atoms with Crippen LogP contribution in [0.5, 0.6) is 0 Å². The summed E-state index contributed by atoms with van der Waals surface area (Å²) in [6.45, 7) is 4.55. The Morgan fingerprint density at radius 2 is 2.04 bits per heavy atom. The standard InChI is InChI=1S/C17H18N4O4S/c1-2-20-8-7-12-13(9-20)26-17(14(12)15(18)22)19-16(23)10-3-5-11(6-4-10)21(24)25/h3-6H,2,7-9H2,1H3,(H2,18,22)(H,19,23). The largest absolute Gasteiger partial charge is 0.365 e. The molecular formula is C17H18N4O4S. The summed E-state index contributed by atoms with van der Waals surface area (Å²) in [5.41, 5.74) is 7.00. The maximum absolute atomic E-state index is 12.5. The van der Waals surface area contributed by atoms with E-state index >= 15 is 0 Å². The van der Waals surface area contributed by atoms with Crippen LogP contribution in [-0.4, -0.2) is 34.7 Å². The molecule has 0 aliphatic carbocycles. The van der Waals surface area contributed by atoms with E-state index < -0.39 is 16.7 Å². The molecule has 0 fully saturated rings. The average Bonchev–Trinajstić information content (AvgIpc) is 2.98. The Balaban J connectivity index is 1.87. The highest BCUT2D eigenvalue weighted by atomic mass is 32.1. The number of rotatable bonds is 5. The number of non-ortho nitro benzene ring substituents is 1. The number of nitrogens with zero attached hydrogens (tertiary/aromatic N) is 2. The number of carbonyl (C=O) groups excluding carboxylic acids is 2. The SMILES string of the molecule is CCN1CCc2c(sc(NC(=O)c3ccc([N+](=O)[O-])cc3)c2C(N)=O)C1. The second kappa shape index (κ2) is 7.22. The first-order valence-corrected chi connectivity index (χ1v) is 8.94. The highest BCUT2D eigenvalue weighted by Crippen LogP contribution is 2.37. The van der Waals surface area contributed by atoms with Crippen molar-refractivity contribution in [3.63, 3.8) is 0 Å². The molecule has 2 heterocycles. The molecule has 1 aliphatic heterocycles. The molecule has 0 saturated heterocycles. The van der Waals surface area contributed by atoms with Gasteiger partial charge in [-0.2, -0.15) is 0 Å². The third kappa shape index (κ3) is 3.44. The topological polar surface area (TPSA) is 119 Å². The zero-order chi connectivity index (χ0) is 18.8. The van der Waals surface area contributed by atoms with Crippen LogP contribution in [0.3, 0.4) is 0 Å². The van der Waals surface area contributed by atoms with E-state index in [1.165, 1.54) is 35.6 Å². The Kier molecular flexibility index (Phi) is 5.01. The predicted molar refractivity (Wildman–Crippen MR) is 98.5 cm³/mol. The number of thiophene rings is 1. The average molecular weight is 374 g/mol. The number of nitro groups is 1. The van der Waals surface area contributed by atoms with E-state index in [0.717, 1.165) is 30.1 Å². The van der Waals surface area contributed by atoms with Gasteiger partial charge in [-0.1, -0.05) is 6.92 Å². The van der Waals surface area contributed by atoms with Crippen molar-refractivity contribution in [2.45, 2.75) is 19.9 Å². The third-order valence-electron chi connectivity index (χ3n) is 4.40. The van der Waals surface area contributed by atoms with Gasteiger partial charge in [0.15, 0.2) is 0 Å². The van der Waals surface area contributed by atoms with Crippen LogP contribution in [0, 0.1) is 10.1 Å². The number of amides is 2. The maximum Gasteiger partial charge on any atom is 0.269 e. The fourth-order valence-corrected chi connectivity index (χ4v) is 4.28. The molecule has 1 aliphatic rings. The Morgan fingerprint density at radius 3 is 2.62 bits per heavy atom. The number of fused-ring (bicyclic) bond motifs is 1. The van der Waals surface area contributed by atoms with E-state index in [1.54, 1.807) is 0 Å². The maximum atomic E-state index is 12.5. The molecule has 9 heteroatoms. The van der Waals surface area contributed by atoms with E-state index in [1.807, 2.05) is 0 Å². The molecule has 136 valence electrons. The summed E-state index contributed by atoms with van der Waals surface area (Å²) < 4.78 is 0. The molecule has 3 rings (SSSR count). The lowest BCUT2D eigenvalue weighted by molar-refractivity contribution is -0.384. The Labute approximate surface area is 153 Å². The summed E-state index contributed by atoms with van der Waals surface area (Å²) in [6, 6.07) is 5.29. The minimum atomic E-state index is -0.563. The van der Waals surface area contributed by atoms with Crippen LogP contribution in [0.2, 0.25) is 0 Å². The summed E-state index contributed by atoms with van der Waals surface area (Å²) in [5, 5.41) is 13.9. The van der Waals surface area contributed by atoms with Crippen molar-refractivity contribution in [2.24, 2.45) is 5.73 Å². The molecule has 26 heavy (non-hydrogen) atoms. The number of nitro benzene ring substituents is 1. The molecule has 0 atom stereocenters. The van der Waals surface area contributed by atoms with Crippen LogP contribution < -0.4 is 11.1 Å². The molecule has 0 spiro atoms. The van der Waals surface area contributed by atoms with Crippen LogP contribution >= 0.6 is 11.3 Å². The number of hydrogen-bond acceptors (Lipinski definition) is 6. The highest BCUT2D eigenvalue weighted by Gasteiger charge is 2.27. The zero-order valence-corrected chi connectivity index (χ0v) is 15.0. The lowest BCUT2D eigenvalue weighted by Gasteiger charge is -2.25. The monoisotopic (exact) mass is 374 g/mol. The summed E-state index contributed by atoms with van der Waals surface area (Å²) >= 11 is 1.36. The molecule has 2 aromatic rings. The summed E-state index contributed by atoms with van der Waals surface area (Å²) in [6.07, 6.45) is 0.714. The lowest BCUT2D eigenvalue weighted by atomic mass is 10.0. The number of primary amides is 1. The van der Waals surface area contributed by atoms with Gasteiger partial charge in [0.2, 0.25) is 0 Å². The van der Waals surface area contributed by atoms with Crippen LogP contribution in [0.15, 0.2) is 24.3 Å². The Morgan fingerprint density at radius 1 is 1.35 bits per heavy atom. The number of nitrogens with one attached hydrogen (secondary N) is 1. The molecule has 8 nitrogen and oxygen atoms in total. The molecule has 3 N–H and O–H groups in total. The van der Waals surface area contributed by atoms with E-state index in [-0.39, 0.29) is 11.3 Å². The number of likely N-dealkylation sites (N-methyl/N-ethyl adjacent to an activating group) is 1. The first kappa shape index (κ1) is 18.0. The number of carbonyl (C=O) groups is 2. The van der Waals surface area contributed by atoms with Crippen LogP contribution in [-0.2, 0) is 13.0 Å². The van der Waals surface area contributed by atoms with Crippen molar-refractivity contribution in [1.82, 2.24) is 4.90 Å². The van der Waals surface area contributed by atoms with Gasteiger partial charge in [-0.3, -0.25) is 24.6 Å². The van der Waals surface area contributed by atoms with Crippen molar-refractivity contribution in [3.8, 4) is 0 Å². The van der Waals surface area contributed by atoms with Crippen molar-refractivity contribution < 1.29 is 14.5 Å². The summed E-state index contributed by atoms with van der Waals surface area (Å²) in [5.74, 6) is -1.00. The second-order valence-corrected chi connectivity index (χ2v) is 7.05. The first-order valence-electron chi connectivity index (χ1n) is 8.13. The van der Waals surface area contributed by atoms with Crippen LogP contribution in [0.25, 0.3) is 0 Å². The lowest BCUT2D eigenvalue weighted by Crippen LogP contribution is -2.30. The predicted octanol–water partition coefficient (Wildman–Crippen LogP) is 2.39. The minimum Gasteiger partial charge on any atom is -0.365 e. The second-order valence-electron chi connectivity index (χ2n) is 5.95. The van der Waals surface area contributed by atoms with Gasteiger partial charge >= 0.3 is 0 Å². The summed E-state index contributed by atoms with van der Waals surface area (Å²) in [4.78, 5) is 37.9. The van der Waals surface area contributed by atoms with Crippen molar-refractivity contribution >= 4 is 33.8 Å². The fourth-order valence-electron chi connectivity index (χ4n) is 2.98. The van der Waals surface area contributed by atoms with Gasteiger partial charge in [0.05, 0.1) is 10.5 Å². The number of anilines is 1. The number of hydrogen-bond donors (Lipinski definition) is 2. The normalized spacial score (nSPS) is 13.9. The van der Waals surface area contributed by atoms with Crippen molar-refractivity contribution in [1.29, 1.82) is 0 Å². The van der Waals surface area contributed by atoms with E-state index in [4.69, 9.17) is 5.73 Å². The van der Waals surface area contributed by atoms with Gasteiger partial charge in [0.1, 0.15) is 5.00 Å². The van der Waals surface area contributed by atoms with E-state index in [9.17, 15) is 19.7 Å². The molecule has 0 unspecified atom stereocenters. The fraction of sp³-hybridized carbons (Fsp3) is 0.294. The molecule has 0 saturated carbocycles. The molecule has 1 aromatic heterocycles. The quantitative estimate of drug-likeness (QED) is 0.615. The van der Waals surface area contributed by atoms with Gasteiger partial charge in [-0.15, -0.1) is 11.3 Å². The van der Waals surface area contributed by atoms with E-state index in [0.29, 0.717) is 17.0 Å². The van der Waals surface area contributed by atoms with Gasteiger partial charge in [-0.05, 0) is 30.7 Å². The Bertz CT molecular complexity index is 876. The van der Waals surface area contributed by atoms with E-state index in [2.05, 4.69) is 17.1 Å². The van der Waals surface area contributed by atoms with Crippen molar-refractivity contribution in [3.05, 3.63) is 55.9 Å². The molecule has 1 aromatic carbocycles. The van der Waals surface area contributed by atoms with Gasteiger partial charge in [-0.25, -0.2) is 0 Å².